The van der Waals surface area contributed by atoms with Gasteiger partial charge < -0.3 is 4.74 Å². The van der Waals surface area contributed by atoms with Gasteiger partial charge >= 0.3 is 0 Å². The number of rotatable bonds is 5. The Kier molecular flexibility index (Phi) is 4.86. The minimum Gasteiger partial charge on any atom is -0.496 e. The third-order valence-corrected chi connectivity index (χ3v) is 4.36. The minimum absolute atomic E-state index is 0.198. The zero-order valence-electron chi connectivity index (χ0n) is 13.4. The average Bonchev–Trinajstić information content (AvgIpc) is 2.99. The molecule has 3 aromatic rings. The summed E-state index contributed by atoms with van der Waals surface area (Å²) in [5.41, 5.74) is 4.14. The highest BCUT2D eigenvalue weighted by atomic mass is 32.1. The highest BCUT2D eigenvalue weighted by Gasteiger charge is 2.07. The molecule has 0 aliphatic heterocycles. The van der Waals surface area contributed by atoms with Crippen molar-refractivity contribution in [1.82, 2.24) is 10.4 Å². The van der Waals surface area contributed by atoms with Gasteiger partial charge in [-0.15, -0.1) is 11.3 Å². The first-order valence-electron chi connectivity index (χ1n) is 7.46. The molecule has 0 aliphatic rings. The van der Waals surface area contributed by atoms with E-state index < -0.39 is 0 Å². The Morgan fingerprint density at radius 2 is 2.17 bits per heavy atom. The summed E-state index contributed by atoms with van der Waals surface area (Å²) in [5, 5.41) is 9.01. The smallest absolute Gasteiger partial charge is 0.246 e. The van der Waals surface area contributed by atoms with Crippen molar-refractivity contribution in [2.45, 2.75) is 13.3 Å². The Hall–Kier alpha value is -2.73. The fourth-order valence-electron chi connectivity index (χ4n) is 2.45. The molecule has 0 aliphatic carbocycles. The number of fused-ring (bicyclic) bond motifs is 1. The molecule has 0 fully saturated rings. The van der Waals surface area contributed by atoms with Gasteiger partial charge in [-0.3, -0.25) is 4.79 Å². The molecule has 0 spiro atoms. The molecule has 24 heavy (non-hydrogen) atoms. The number of ether oxygens (including phenoxy) is 1. The topological polar surface area (TPSA) is 63.6 Å². The molecule has 3 rings (SSSR count). The Morgan fingerprint density at radius 1 is 1.33 bits per heavy atom. The van der Waals surface area contributed by atoms with E-state index in [0.717, 1.165) is 27.0 Å². The van der Waals surface area contributed by atoms with Crippen LogP contribution in [0.2, 0.25) is 0 Å². The first-order valence-corrected chi connectivity index (χ1v) is 8.34. The maximum atomic E-state index is 11.9. The first kappa shape index (κ1) is 16.1. The molecule has 0 atom stereocenters. The minimum atomic E-state index is -0.198. The molecule has 6 heteroatoms. The summed E-state index contributed by atoms with van der Waals surface area (Å²) in [5.74, 6) is 0.512. The molecule has 1 heterocycles. The van der Waals surface area contributed by atoms with Crippen molar-refractivity contribution in [3.8, 4) is 5.75 Å². The van der Waals surface area contributed by atoms with Crippen LogP contribution in [-0.2, 0) is 11.2 Å². The second kappa shape index (κ2) is 7.23. The molecule has 0 saturated carbocycles. The van der Waals surface area contributed by atoms with Crippen molar-refractivity contribution >= 4 is 34.2 Å². The fourth-order valence-corrected chi connectivity index (χ4v) is 3.06. The fraction of sp³-hybridized carbons (Fsp3) is 0.167. The number of hydrazone groups is 1. The number of hydrogen-bond donors (Lipinski definition) is 1. The lowest BCUT2D eigenvalue weighted by molar-refractivity contribution is -0.120. The number of methoxy groups -OCH3 is 1. The SMILES string of the molecule is COc1ccc2ccccc2c1/C=N\NC(=O)Cc1csc(C)n1. The number of aromatic nitrogens is 1. The lowest BCUT2D eigenvalue weighted by Gasteiger charge is -2.08. The van der Waals surface area contributed by atoms with E-state index in [1.807, 2.05) is 48.7 Å². The number of aryl methyl sites for hydroxylation is 1. The van der Waals surface area contributed by atoms with E-state index >= 15 is 0 Å². The van der Waals surface area contributed by atoms with E-state index in [9.17, 15) is 4.79 Å². The van der Waals surface area contributed by atoms with Crippen LogP contribution >= 0.6 is 11.3 Å². The van der Waals surface area contributed by atoms with Gasteiger partial charge in [-0.2, -0.15) is 5.10 Å². The van der Waals surface area contributed by atoms with Gasteiger partial charge in [0.1, 0.15) is 5.75 Å². The van der Waals surface area contributed by atoms with Crippen LogP contribution in [0.15, 0.2) is 46.9 Å². The van der Waals surface area contributed by atoms with E-state index in [2.05, 4.69) is 15.5 Å². The van der Waals surface area contributed by atoms with Crippen molar-refractivity contribution in [3.05, 3.63) is 58.0 Å². The second-order valence-corrected chi connectivity index (χ2v) is 6.29. The van der Waals surface area contributed by atoms with Crippen LogP contribution in [0.3, 0.4) is 0 Å². The molecule has 5 nitrogen and oxygen atoms in total. The van der Waals surface area contributed by atoms with Crippen LogP contribution in [-0.4, -0.2) is 24.2 Å². The molecule has 0 saturated heterocycles. The van der Waals surface area contributed by atoms with Gasteiger partial charge in [0.2, 0.25) is 5.91 Å². The molecular weight excluding hydrogens is 322 g/mol. The van der Waals surface area contributed by atoms with Gasteiger partial charge in [0.15, 0.2) is 0 Å². The van der Waals surface area contributed by atoms with Crippen molar-refractivity contribution in [1.29, 1.82) is 0 Å². The van der Waals surface area contributed by atoms with Gasteiger partial charge in [-0.25, -0.2) is 10.4 Å². The number of carbonyl (C=O) groups excluding carboxylic acids is 1. The molecule has 2 aromatic carbocycles. The summed E-state index contributed by atoms with van der Waals surface area (Å²) in [7, 11) is 1.62. The standard InChI is InChI=1S/C18H17N3O2S/c1-12-20-14(11-24-12)9-18(22)21-19-10-16-15-6-4-3-5-13(15)7-8-17(16)23-2/h3-8,10-11H,9H2,1-2H3,(H,21,22)/b19-10-. The van der Waals surface area contributed by atoms with Gasteiger partial charge in [-0.05, 0) is 23.8 Å². The van der Waals surface area contributed by atoms with Crippen molar-refractivity contribution in [3.63, 3.8) is 0 Å². The number of nitrogens with zero attached hydrogens (tertiary/aromatic N) is 2. The zero-order chi connectivity index (χ0) is 16.9. The van der Waals surface area contributed by atoms with E-state index in [1.165, 1.54) is 11.3 Å². The Bertz CT molecular complexity index is 902. The number of amides is 1. The molecule has 1 aromatic heterocycles. The largest absolute Gasteiger partial charge is 0.496 e. The average molecular weight is 339 g/mol. The summed E-state index contributed by atoms with van der Waals surface area (Å²) in [6, 6.07) is 11.8. The van der Waals surface area contributed by atoms with Gasteiger partial charge in [0, 0.05) is 10.9 Å². The quantitative estimate of drug-likeness (QED) is 0.573. The third-order valence-electron chi connectivity index (χ3n) is 3.54. The summed E-state index contributed by atoms with van der Waals surface area (Å²) in [6.45, 7) is 1.91. The third kappa shape index (κ3) is 3.60. The van der Waals surface area contributed by atoms with Crippen LogP contribution in [0, 0.1) is 6.92 Å². The molecule has 0 unspecified atom stereocenters. The molecule has 122 valence electrons. The summed E-state index contributed by atoms with van der Waals surface area (Å²) < 4.78 is 5.40. The Balaban J connectivity index is 1.76. The maximum absolute atomic E-state index is 11.9. The lowest BCUT2D eigenvalue weighted by atomic mass is 10.0. The van der Waals surface area contributed by atoms with Crippen molar-refractivity contribution < 1.29 is 9.53 Å². The van der Waals surface area contributed by atoms with Crippen molar-refractivity contribution in [2.24, 2.45) is 5.10 Å². The van der Waals surface area contributed by atoms with Gasteiger partial charge in [-0.1, -0.05) is 30.3 Å². The van der Waals surface area contributed by atoms with E-state index in [4.69, 9.17) is 4.74 Å². The first-order chi connectivity index (χ1) is 11.7. The van der Waals surface area contributed by atoms with Crippen LogP contribution < -0.4 is 10.2 Å². The number of hydrogen-bond acceptors (Lipinski definition) is 5. The van der Waals surface area contributed by atoms with E-state index in [1.54, 1.807) is 13.3 Å². The summed E-state index contributed by atoms with van der Waals surface area (Å²) >= 11 is 1.53. The van der Waals surface area contributed by atoms with E-state index in [0.29, 0.717) is 5.75 Å². The highest BCUT2D eigenvalue weighted by molar-refractivity contribution is 7.09. The van der Waals surface area contributed by atoms with Gasteiger partial charge in [0.25, 0.3) is 0 Å². The van der Waals surface area contributed by atoms with Crippen LogP contribution in [0.25, 0.3) is 10.8 Å². The highest BCUT2D eigenvalue weighted by Crippen LogP contribution is 2.26. The van der Waals surface area contributed by atoms with Crippen molar-refractivity contribution in [2.75, 3.05) is 7.11 Å². The summed E-state index contributed by atoms with van der Waals surface area (Å²) in [6.07, 6.45) is 1.83. The number of nitrogens with one attached hydrogen (secondary N) is 1. The Morgan fingerprint density at radius 3 is 2.92 bits per heavy atom. The second-order valence-electron chi connectivity index (χ2n) is 5.23. The predicted octanol–water partition coefficient (Wildman–Crippen LogP) is 3.31. The molecule has 1 N–H and O–H groups in total. The van der Waals surface area contributed by atoms with E-state index in [-0.39, 0.29) is 12.3 Å². The van der Waals surface area contributed by atoms with Crippen LogP contribution in [0.4, 0.5) is 0 Å². The zero-order valence-corrected chi connectivity index (χ0v) is 14.3. The molecular formula is C18H17N3O2S. The monoisotopic (exact) mass is 339 g/mol. The van der Waals surface area contributed by atoms with Gasteiger partial charge in [0.05, 0.1) is 30.4 Å². The lowest BCUT2D eigenvalue weighted by Crippen LogP contribution is -2.20. The predicted molar refractivity (Wildman–Crippen MR) is 96.8 cm³/mol. The number of carbonyl (C=O) groups is 1. The number of thiazole rings is 1. The van der Waals surface area contributed by atoms with Crippen LogP contribution in [0.5, 0.6) is 5.75 Å². The number of benzene rings is 2. The normalized spacial score (nSPS) is 11.1. The molecule has 0 bridgehead atoms. The van der Waals surface area contributed by atoms with Crippen LogP contribution in [0.1, 0.15) is 16.3 Å². The maximum Gasteiger partial charge on any atom is 0.246 e. The molecule has 0 radical (unpaired) electrons. The Labute approximate surface area is 144 Å². The molecule has 1 amide bonds. The summed E-state index contributed by atoms with van der Waals surface area (Å²) in [4.78, 5) is 16.2.